The Hall–Kier alpha value is -3.41. The third kappa shape index (κ3) is 6.31. The van der Waals surface area contributed by atoms with Gasteiger partial charge in [-0.15, -0.1) is 10.2 Å². The Morgan fingerprint density at radius 2 is 1.83 bits per heavy atom. The van der Waals surface area contributed by atoms with Gasteiger partial charge in [-0.1, -0.05) is 29.8 Å². The summed E-state index contributed by atoms with van der Waals surface area (Å²) in [5.41, 5.74) is 3.85. The fraction of sp³-hybridized carbons (Fsp3) is 0.261. The number of aromatic nitrogens is 2. The molecule has 3 aromatic rings. The first kappa shape index (κ1) is 20.3. The second-order valence-corrected chi connectivity index (χ2v) is 6.58. The summed E-state index contributed by atoms with van der Waals surface area (Å²) in [6.07, 6.45) is 0.359. The second kappa shape index (κ2) is 10.2. The third-order valence-corrected chi connectivity index (χ3v) is 4.22. The molecular weight excluding hydrogens is 366 g/mol. The van der Waals surface area contributed by atoms with Crippen LogP contribution < -0.4 is 14.8 Å². The average Bonchev–Trinajstić information content (AvgIpc) is 2.73. The summed E-state index contributed by atoms with van der Waals surface area (Å²) in [6, 6.07) is 19.3. The van der Waals surface area contributed by atoms with Gasteiger partial charge < -0.3 is 14.8 Å². The van der Waals surface area contributed by atoms with Gasteiger partial charge in [-0.25, -0.2) is 0 Å². The molecule has 0 aliphatic carbocycles. The Bertz CT molecular complexity index is 925. The Morgan fingerprint density at radius 1 is 1.00 bits per heavy atom. The molecule has 0 aliphatic heterocycles. The number of rotatable bonds is 9. The van der Waals surface area contributed by atoms with Crippen molar-refractivity contribution < 1.29 is 14.3 Å². The molecule has 1 heterocycles. The van der Waals surface area contributed by atoms with Gasteiger partial charge in [0.25, 0.3) is 0 Å². The molecule has 0 saturated heterocycles. The molecule has 0 unspecified atom stereocenters. The largest absolute Gasteiger partial charge is 0.494 e. The molecule has 6 nitrogen and oxygen atoms in total. The number of amides is 1. The fourth-order valence-corrected chi connectivity index (χ4v) is 2.86. The van der Waals surface area contributed by atoms with Gasteiger partial charge >= 0.3 is 0 Å². The van der Waals surface area contributed by atoms with E-state index >= 15 is 0 Å². The van der Waals surface area contributed by atoms with Crippen LogP contribution in [-0.4, -0.2) is 35.9 Å². The van der Waals surface area contributed by atoms with Crippen LogP contribution in [0.2, 0.25) is 0 Å². The lowest BCUT2D eigenvalue weighted by Crippen LogP contribution is -2.29. The van der Waals surface area contributed by atoms with Gasteiger partial charge in [0.05, 0.1) is 25.3 Å². The number of nitrogens with one attached hydrogen (secondary N) is 1. The molecule has 0 bridgehead atoms. The zero-order chi connectivity index (χ0) is 20.5. The monoisotopic (exact) mass is 391 g/mol. The number of hydrogen-bond acceptors (Lipinski definition) is 5. The first-order chi connectivity index (χ1) is 14.1. The molecule has 150 valence electrons. The number of carbonyl (C=O) groups excluding carboxylic acids is 1. The Morgan fingerprint density at radius 3 is 2.52 bits per heavy atom. The van der Waals surface area contributed by atoms with Crippen LogP contribution in [0.3, 0.4) is 0 Å². The molecule has 1 N–H and O–H groups in total. The summed E-state index contributed by atoms with van der Waals surface area (Å²) in [5.74, 6) is 1.22. The van der Waals surface area contributed by atoms with Crippen molar-refractivity contribution in [1.29, 1.82) is 0 Å². The lowest BCUT2D eigenvalue weighted by molar-refractivity contribution is -0.120. The number of carbonyl (C=O) groups is 1. The molecule has 1 amide bonds. The fourth-order valence-electron chi connectivity index (χ4n) is 2.86. The number of hydrogen-bond donors (Lipinski definition) is 1. The molecule has 0 radical (unpaired) electrons. The van der Waals surface area contributed by atoms with E-state index in [0.717, 1.165) is 28.1 Å². The predicted octanol–water partition coefficient (Wildman–Crippen LogP) is 3.59. The smallest absolute Gasteiger partial charge is 0.233 e. The minimum atomic E-state index is -0.0314. The van der Waals surface area contributed by atoms with E-state index in [0.29, 0.717) is 32.1 Å². The zero-order valence-corrected chi connectivity index (χ0v) is 16.7. The summed E-state index contributed by atoms with van der Waals surface area (Å²) in [7, 11) is 0. The van der Waals surface area contributed by atoms with Gasteiger partial charge in [0.2, 0.25) is 11.8 Å². The van der Waals surface area contributed by atoms with Crippen molar-refractivity contribution in [3.63, 3.8) is 0 Å². The first-order valence-corrected chi connectivity index (χ1v) is 9.66. The lowest BCUT2D eigenvalue weighted by atomic mass is 10.1. The van der Waals surface area contributed by atoms with E-state index in [4.69, 9.17) is 9.47 Å². The van der Waals surface area contributed by atoms with Crippen LogP contribution >= 0.6 is 0 Å². The minimum Gasteiger partial charge on any atom is -0.494 e. The van der Waals surface area contributed by atoms with Crippen LogP contribution in [0.5, 0.6) is 11.6 Å². The van der Waals surface area contributed by atoms with E-state index in [-0.39, 0.29) is 5.91 Å². The third-order valence-electron chi connectivity index (χ3n) is 4.22. The minimum absolute atomic E-state index is 0.0314. The van der Waals surface area contributed by atoms with E-state index in [1.54, 1.807) is 6.07 Å². The van der Waals surface area contributed by atoms with Crippen molar-refractivity contribution in [1.82, 2.24) is 15.5 Å². The Kier molecular flexibility index (Phi) is 7.16. The molecule has 0 atom stereocenters. The standard InChI is InChI=1S/C23H25N3O3/c1-3-28-20-9-7-19(8-10-20)21-11-12-23(26-25-21)29-14-13-24-22(27)16-18-6-4-5-17(2)15-18/h4-12,15H,3,13-14,16H2,1-2H3,(H,24,27). The van der Waals surface area contributed by atoms with Gasteiger partial charge in [-0.05, 0) is 49.7 Å². The number of aryl methyl sites for hydroxylation is 1. The lowest BCUT2D eigenvalue weighted by Gasteiger charge is -2.08. The van der Waals surface area contributed by atoms with Gasteiger partial charge in [0.1, 0.15) is 12.4 Å². The molecule has 3 rings (SSSR count). The molecule has 1 aromatic heterocycles. The summed E-state index contributed by atoms with van der Waals surface area (Å²) in [5, 5.41) is 11.1. The van der Waals surface area contributed by atoms with Gasteiger partial charge in [0.15, 0.2) is 0 Å². The van der Waals surface area contributed by atoms with Crippen molar-refractivity contribution >= 4 is 5.91 Å². The molecule has 0 spiro atoms. The number of benzene rings is 2. The Balaban J connectivity index is 1.42. The number of ether oxygens (including phenoxy) is 2. The van der Waals surface area contributed by atoms with Crippen LogP contribution in [0.4, 0.5) is 0 Å². The summed E-state index contributed by atoms with van der Waals surface area (Å²) >= 11 is 0. The van der Waals surface area contributed by atoms with E-state index in [2.05, 4.69) is 15.5 Å². The van der Waals surface area contributed by atoms with E-state index < -0.39 is 0 Å². The van der Waals surface area contributed by atoms with Crippen LogP contribution in [0.15, 0.2) is 60.7 Å². The van der Waals surface area contributed by atoms with Crippen LogP contribution in [0.25, 0.3) is 11.3 Å². The quantitative estimate of drug-likeness (QED) is 0.564. The SMILES string of the molecule is CCOc1ccc(-c2ccc(OCCNC(=O)Cc3cccc(C)c3)nn2)cc1. The topological polar surface area (TPSA) is 73.3 Å². The zero-order valence-electron chi connectivity index (χ0n) is 16.7. The summed E-state index contributed by atoms with van der Waals surface area (Å²) in [6.45, 7) is 5.34. The highest BCUT2D eigenvalue weighted by Gasteiger charge is 2.05. The van der Waals surface area contributed by atoms with Crippen molar-refractivity contribution in [2.75, 3.05) is 19.8 Å². The van der Waals surface area contributed by atoms with Crippen molar-refractivity contribution in [3.05, 3.63) is 71.8 Å². The highest BCUT2D eigenvalue weighted by Crippen LogP contribution is 2.21. The van der Waals surface area contributed by atoms with Crippen LogP contribution in [-0.2, 0) is 11.2 Å². The Labute approximate surface area is 170 Å². The normalized spacial score (nSPS) is 10.4. The van der Waals surface area contributed by atoms with E-state index in [1.165, 1.54) is 0 Å². The highest BCUT2D eigenvalue weighted by atomic mass is 16.5. The summed E-state index contributed by atoms with van der Waals surface area (Å²) < 4.78 is 11.0. The highest BCUT2D eigenvalue weighted by molar-refractivity contribution is 5.78. The first-order valence-electron chi connectivity index (χ1n) is 9.66. The predicted molar refractivity (Wildman–Crippen MR) is 112 cm³/mol. The van der Waals surface area contributed by atoms with Gasteiger partial charge in [0, 0.05) is 11.6 Å². The van der Waals surface area contributed by atoms with Crippen LogP contribution in [0, 0.1) is 6.92 Å². The second-order valence-electron chi connectivity index (χ2n) is 6.58. The average molecular weight is 391 g/mol. The molecule has 2 aromatic carbocycles. The van der Waals surface area contributed by atoms with E-state index in [1.807, 2.05) is 68.4 Å². The number of nitrogens with zero attached hydrogens (tertiary/aromatic N) is 2. The summed E-state index contributed by atoms with van der Waals surface area (Å²) in [4.78, 5) is 12.0. The molecule has 0 fully saturated rings. The molecular formula is C23H25N3O3. The maximum atomic E-state index is 12.0. The van der Waals surface area contributed by atoms with Gasteiger partial charge in [-0.3, -0.25) is 4.79 Å². The van der Waals surface area contributed by atoms with E-state index in [9.17, 15) is 4.79 Å². The molecule has 0 saturated carbocycles. The van der Waals surface area contributed by atoms with Crippen LogP contribution in [0.1, 0.15) is 18.1 Å². The molecule has 0 aliphatic rings. The van der Waals surface area contributed by atoms with Gasteiger partial charge in [-0.2, -0.15) is 0 Å². The van der Waals surface area contributed by atoms with Crippen molar-refractivity contribution in [2.24, 2.45) is 0 Å². The molecule has 6 heteroatoms. The molecule has 29 heavy (non-hydrogen) atoms. The van der Waals surface area contributed by atoms with Crippen molar-refractivity contribution in [3.8, 4) is 22.9 Å². The van der Waals surface area contributed by atoms with Crippen molar-refractivity contribution in [2.45, 2.75) is 20.3 Å². The maximum Gasteiger partial charge on any atom is 0.233 e. The maximum absolute atomic E-state index is 12.0.